The van der Waals surface area contributed by atoms with Crippen molar-refractivity contribution in [2.24, 2.45) is 0 Å². The molecule has 3 aromatic heterocycles. The first-order chi connectivity index (χ1) is 17.0. The number of benzene rings is 1. The number of morpholine rings is 1. The third kappa shape index (κ3) is 4.60. The molecule has 5 rings (SSSR count). The van der Waals surface area contributed by atoms with E-state index >= 15 is 0 Å². The second kappa shape index (κ2) is 9.81. The zero-order valence-electron chi connectivity index (χ0n) is 19.7. The van der Waals surface area contributed by atoms with Crippen molar-refractivity contribution in [3.05, 3.63) is 87.3 Å². The number of amides is 1. The molecule has 0 saturated carbocycles. The zero-order valence-corrected chi connectivity index (χ0v) is 19.7. The molecular weight excluding hydrogens is 444 g/mol. The lowest BCUT2D eigenvalue weighted by Gasteiger charge is -2.27. The molecule has 2 N–H and O–H groups in total. The molecular formula is C26H28N6O3. The van der Waals surface area contributed by atoms with Gasteiger partial charge in [-0.25, -0.2) is 4.98 Å². The summed E-state index contributed by atoms with van der Waals surface area (Å²) in [5.41, 5.74) is 2.72. The molecule has 1 aliphatic heterocycles. The summed E-state index contributed by atoms with van der Waals surface area (Å²) >= 11 is 0. The number of ether oxygens (including phenoxy) is 1. The Bertz CT molecular complexity index is 1500. The van der Waals surface area contributed by atoms with Crippen LogP contribution in [0.15, 0.2) is 59.5 Å². The molecule has 180 valence electrons. The molecule has 0 bridgehead atoms. The van der Waals surface area contributed by atoms with E-state index in [2.05, 4.69) is 10.2 Å². The molecule has 9 heteroatoms. The molecule has 1 amide bonds. The molecule has 0 spiro atoms. The van der Waals surface area contributed by atoms with Crippen molar-refractivity contribution in [1.82, 2.24) is 24.2 Å². The number of pyridine rings is 2. The molecule has 0 radical (unpaired) electrons. The third-order valence-corrected chi connectivity index (χ3v) is 6.42. The van der Waals surface area contributed by atoms with Gasteiger partial charge in [0.1, 0.15) is 16.8 Å². The average molecular weight is 473 g/mol. The highest BCUT2D eigenvalue weighted by Crippen LogP contribution is 2.13. The Labute approximate surface area is 202 Å². The van der Waals surface area contributed by atoms with Gasteiger partial charge in [-0.05, 0) is 30.2 Å². The van der Waals surface area contributed by atoms with Gasteiger partial charge in [0.2, 0.25) is 0 Å². The standard InChI is InChI=1S/C26H28N6O3/c1-18-6-5-9-32-23(18)29-24-21(26(32)34)16-20(25(33)28-17-19-7-3-2-4-8-19)22(27)31(24)11-10-30-12-14-35-15-13-30/h2-9,16,27H,10-15,17H2,1H3,(H,28,33). The number of hydrogen-bond donors (Lipinski definition) is 2. The fourth-order valence-electron chi connectivity index (χ4n) is 4.43. The van der Waals surface area contributed by atoms with Crippen LogP contribution in [-0.2, 0) is 17.8 Å². The minimum absolute atomic E-state index is 0.0427. The highest BCUT2D eigenvalue weighted by molar-refractivity contribution is 5.96. The van der Waals surface area contributed by atoms with E-state index in [-0.39, 0.29) is 16.6 Å². The highest BCUT2D eigenvalue weighted by Gasteiger charge is 2.19. The number of aryl methyl sites for hydroxylation is 1. The second-order valence-electron chi connectivity index (χ2n) is 8.72. The lowest BCUT2D eigenvalue weighted by molar-refractivity contribution is 0.0363. The maximum Gasteiger partial charge on any atom is 0.267 e. The van der Waals surface area contributed by atoms with E-state index in [0.29, 0.717) is 49.5 Å². The molecule has 1 aliphatic rings. The van der Waals surface area contributed by atoms with Gasteiger partial charge in [0.05, 0.1) is 24.2 Å². The third-order valence-electron chi connectivity index (χ3n) is 6.42. The minimum Gasteiger partial charge on any atom is -0.379 e. The largest absolute Gasteiger partial charge is 0.379 e. The normalized spacial score (nSPS) is 14.4. The summed E-state index contributed by atoms with van der Waals surface area (Å²) in [6.07, 6.45) is 1.68. The number of carbonyl (C=O) groups is 1. The number of carbonyl (C=O) groups excluding carboxylic acids is 1. The van der Waals surface area contributed by atoms with Crippen molar-refractivity contribution in [1.29, 1.82) is 5.41 Å². The van der Waals surface area contributed by atoms with Crippen LogP contribution in [0.3, 0.4) is 0 Å². The van der Waals surface area contributed by atoms with Crippen LogP contribution in [-0.4, -0.2) is 57.6 Å². The molecule has 0 atom stereocenters. The van der Waals surface area contributed by atoms with Crippen LogP contribution in [0, 0.1) is 12.3 Å². The van der Waals surface area contributed by atoms with Crippen molar-refractivity contribution < 1.29 is 9.53 Å². The van der Waals surface area contributed by atoms with Crippen LogP contribution in [0.1, 0.15) is 21.5 Å². The van der Waals surface area contributed by atoms with Crippen LogP contribution in [0.2, 0.25) is 0 Å². The predicted molar refractivity (Wildman–Crippen MR) is 132 cm³/mol. The SMILES string of the molecule is Cc1cccn2c(=O)c3cc(C(=O)NCc4ccccc4)c(=N)n(CCN4CCOCC4)c3nc12. The predicted octanol–water partition coefficient (Wildman–Crippen LogP) is 1.70. The number of hydrogen-bond acceptors (Lipinski definition) is 6. The molecule has 4 aromatic rings. The molecule has 1 saturated heterocycles. The highest BCUT2D eigenvalue weighted by atomic mass is 16.5. The Balaban J connectivity index is 1.60. The van der Waals surface area contributed by atoms with Gasteiger partial charge in [0, 0.05) is 38.9 Å². The van der Waals surface area contributed by atoms with Crippen molar-refractivity contribution in [3.63, 3.8) is 0 Å². The van der Waals surface area contributed by atoms with E-state index in [1.54, 1.807) is 16.8 Å². The zero-order chi connectivity index (χ0) is 24.4. The Morgan fingerprint density at radius 3 is 2.63 bits per heavy atom. The molecule has 35 heavy (non-hydrogen) atoms. The van der Waals surface area contributed by atoms with Crippen molar-refractivity contribution in [2.75, 3.05) is 32.8 Å². The van der Waals surface area contributed by atoms with Gasteiger partial charge in [0.25, 0.3) is 11.5 Å². The number of fused-ring (bicyclic) bond motifs is 2. The van der Waals surface area contributed by atoms with E-state index in [1.807, 2.05) is 43.3 Å². The summed E-state index contributed by atoms with van der Waals surface area (Å²) in [4.78, 5) is 33.7. The van der Waals surface area contributed by atoms with E-state index in [1.165, 1.54) is 10.5 Å². The number of rotatable bonds is 6. The molecule has 4 heterocycles. The van der Waals surface area contributed by atoms with E-state index in [9.17, 15) is 9.59 Å². The van der Waals surface area contributed by atoms with E-state index in [4.69, 9.17) is 15.1 Å². The summed E-state index contributed by atoms with van der Waals surface area (Å²) < 4.78 is 8.63. The Hall–Kier alpha value is -3.82. The van der Waals surface area contributed by atoms with Gasteiger partial charge < -0.3 is 14.6 Å². The number of aromatic nitrogens is 3. The maximum absolute atomic E-state index is 13.5. The monoisotopic (exact) mass is 472 g/mol. The van der Waals surface area contributed by atoms with Crippen LogP contribution in [0.25, 0.3) is 16.7 Å². The van der Waals surface area contributed by atoms with E-state index < -0.39 is 5.91 Å². The first-order valence-electron chi connectivity index (χ1n) is 11.8. The molecule has 0 aliphatic carbocycles. The van der Waals surface area contributed by atoms with Gasteiger partial charge in [-0.2, -0.15) is 0 Å². The summed E-state index contributed by atoms with van der Waals surface area (Å²) in [5.74, 6) is -0.394. The first kappa shape index (κ1) is 22.9. The van der Waals surface area contributed by atoms with Gasteiger partial charge in [0.15, 0.2) is 0 Å². The molecule has 1 aromatic carbocycles. The Morgan fingerprint density at radius 1 is 1.09 bits per heavy atom. The fraction of sp³-hybridized carbons (Fsp3) is 0.308. The van der Waals surface area contributed by atoms with Crippen molar-refractivity contribution in [3.8, 4) is 0 Å². The second-order valence-corrected chi connectivity index (χ2v) is 8.72. The summed E-state index contributed by atoms with van der Waals surface area (Å²) in [6, 6.07) is 14.8. The van der Waals surface area contributed by atoms with Crippen molar-refractivity contribution in [2.45, 2.75) is 20.0 Å². The summed E-state index contributed by atoms with van der Waals surface area (Å²) in [5, 5.41) is 12.1. The average Bonchev–Trinajstić information content (AvgIpc) is 2.88. The van der Waals surface area contributed by atoms with Gasteiger partial charge >= 0.3 is 0 Å². The first-order valence-corrected chi connectivity index (χ1v) is 11.8. The summed E-state index contributed by atoms with van der Waals surface area (Å²) in [6.45, 7) is 6.29. The Kier molecular flexibility index (Phi) is 6.43. The van der Waals surface area contributed by atoms with E-state index in [0.717, 1.165) is 24.2 Å². The van der Waals surface area contributed by atoms with Gasteiger partial charge in [-0.15, -0.1) is 0 Å². The van der Waals surface area contributed by atoms with Crippen molar-refractivity contribution >= 4 is 22.6 Å². The number of nitrogens with one attached hydrogen (secondary N) is 2. The number of nitrogens with zero attached hydrogens (tertiary/aromatic N) is 4. The molecule has 0 unspecified atom stereocenters. The lowest BCUT2D eigenvalue weighted by Crippen LogP contribution is -2.41. The molecule has 9 nitrogen and oxygen atoms in total. The quantitative estimate of drug-likeness (QED) is 0.416. The van der Waals surface area contributed by atoms with Crippen LogP contribution in [0.5, 0.6) is 0 Å². The van der Waals surface area contributed by atoms with Crippen LogP contribution < -0.4 is 16.4 Å². The minimum atomic E-state index is -0.394. The van der Waals surface area contributed by atoms with Gasteiger partial charge in [-0.3, -0.25) is 24.3 Å². The van der Waals surface area contributed by atoms with Crippen LogP contribution in [0.4, 0.5) is 0 Å². The Morgan fingerprint density at radius 2 is 1.86 bits per heavy atom. The fourth-order valence-corrected chi connectivity index (χ4v) is 4.43. The summed E-state index contributed by atoms with van der Waals surface area (Å²) in [7, 11) is 0. The smallest absolute Gasteiger partial charge is 0.267 e. The lowest BCUT2D eigenvalue weighted by atomic mass is 10.1. The molecule has 1 fully saturated rings. The topological polar surface area (TPSA) is 105 Å². The maximum atomic E-state index is 13.5. The van der Waals surface area contributed by atoms with Crippen LogP contribution >= 0.6 is 0 Å². The van der Waals surface area contributed by atoms with Gasteiger partial charge in [-0.1, -0.05) is 36.4 Å².